The number of benzene rings is 1. The van der Waals surface area contributed by atoms with Gasteiger partial charge in [-0.2, -0.15) is 5.10 Å². The number of methoxy groups -OCH3 is 1. The van der Waals surface area contributed by atoms with Gasteiger partial charge in [-0.25, -0.2) is 4.98 Å². The molecule has 0 saturated carbocycles. The van der Waals surface area contributed by atoms with E-state index in [1.807, 2.05) is 32.3 Å². The first-order chi connectivity index (χ1) is 9.26. The van der Waals surface area contributed by atoms with Gasteiger partial charge in [-0.05, 0) is 13.1 Å². The van der Waals surface area contributed by atoms with Crippen LogP contribution in [0.5, 0.6) is 11.5 Å². The summed E-state index contributed by atoms with van der Waals surface area (Å²) in [5, 5.41) is 7.12. The van der Waals surface area contributed by atoms with Gasteiger partial charge in [-0.15, -0.1) is 0 Å². The molecular weight excluding hydrogens is 244 g/mol. The van der Waals surface area contributed by atoms with Crippen molar-refractivity contribution in [3.8, 4) is 11.5 Å². The van der Waals surface area contributed by atoms with E-state index in [1.165, 1.54) is 6.33 Å². The molecule has 1 aromatic heterocycles. The molecule has 0 aliphatic heterocycles. The van der Waals surface area contributed by atoms with Gasteiger partial charge in [0.2, 0.25) is 0 Å². The summed E-state index contributed by atoms with van der Waals surface area (Å²) < 4.78 is 12.9. The maximum atomic E-state index is 5.85. The molecule has 6 nitrogen and oxygen atoms in total. The molecule has 1 aromatic carbocycles. The molecule has 1 N–H and O–H groups in total. The molecule has 2 rings (SSSR count). The van der Waals surface area contributed by atoms with Crippen LogP contribution in [-0.4, -0.2) is 28.9 Å². The lowest BCUT2D eigenvalue weighted by Crippen LogP contribution is -2.10. The van der Waals surface area contributed by atoms with E-state index in [-0.39, 0.29) is 0 Å². The maximum Gasteiger partial charge on any atom is 0.166 e. The van der Waals surface area contributed by atoms with E-state index in [4.69, 9.17) is 9.47 Å². The Morgan fingerprint density at radius 1 is 1.37 bits per heavy atom. The summed E-state index contributed by atoms with van der Waals surface area (Å²) >= 11 is 0. The summed E-state index contributed by atoms with van der Waals surface area (Å²) in [4.78, 5) is 4.13. The summed E-state index contributed by atoms with van der Waals surface area (Å²) in [6.45, 7) is 1.07. The number of para-hydroxylation sites is 1. The largest absolute Gasteiger partial charge is 0.493 e. The number of hydrogen-bond acceptors (Lipinski definition) is 5. The molecule has 0 fully saturated rings. The van der Waals surface area contributed by atoms with Gasteiger partial charge in [0.15, 0.2) is 17.3 Å². The van der Waals surface area contributed by atoms with Crippen LogP contribution in [0.1, 0.15) is 11.4 Å². The lowest BCUT2D eigenvalue weighted by molar-refractivity contribution is 0.268. The van der Waals surface area contributed by atoms with Gasteiger partial charge in [-0.3, -0.25) is 4.68 Å². The number of rotatable bonds is 6. The van der Waals surface area contributed by atoms with Crippen molar-refractivity contribution < 1.29 is 9.47 Å². The molecule has 0 saturated heterocycles. The van der Waals surface area contributed by atoms with Gasteiger partial charge in [0.25, 0.3) is 0 Å². The smallest absolute Gasteiger partial charge is 0.166 e. The third-order valence-corrected chi connectivity index (χ3v) is 2.80. The monoisotopic (exact) mass is 262 g/mol. The summed E-state index contributed by atoms with van der Waals surface area (Å²) in [6, 6.07) is 5.83. The summed E-state index contributed by atoms with van der Waals surface area (Å²) in [5.41, 5.74) is 1.05. The highest BCUT2D eigenvalue weighted by Gasteiger charge is 2.11. The van der Waals surface area contributed by atoms with Crippen molar-refractivity contribution in [3.63, 3.8) is 0 Å². The Morgan fingerprint density at radius 2 is 2.21 bits per heavy atom. The van der Waals surface area contributed by atoms with Crippen molar-refractivity contribution in [1.29, 1.82) is 0 Å². The van der Waals surface area contributed by atoms with Gasteiger partial charge >= 0.3 is 0 Å². The van der Waals surface area contributed by atoms with Gasteiger partial charge in [0.1, 0.15) is 12.9 Å². The van der Waals surface area contributed by atoms with Crippen molar-refractivity contribution in [1.82, 2.24) is 20.1 Å². The molecule has 0 spiro atoms. The molecule has 1 heterocycles. The Bertz CT molecular complexity index is 539. The zero-order valence-corrected chi connectivity index (χ0v) is 11.4. The molecule has 0 aliphatic rings. The number of aryl methyl sites for hydroxylation is 1. The minimum atomic E-state index is 0.355. The van der Waals surface area contributed by atoms with Gasteiger partial charge in [0.05, 0.1) is 7.11 Å². The van der Waals surface area contributed by atoms with E-state index in [0.29, 0.717) is 13.2 Å². The van der Waals surface area contributed by atoms with Crippen LogP contribution in [0.25, 0.3) is 0 Å². The number of aromatic nitrogens is 3. The zero-order valence-electron chi connectivity index (χ0n) is 11.4. The molecule has 0 atom stereocenters. The lowest BCUT2D eigenvalue weighted by Gasteiger charge is -2.14. The van der Waals surface area contributed by atoms with Crippen LogP contribution >= 0.6 is 0 Å². The normalized spacial score (nSPS) is 10.5. The Labute approximate surface area is 112 Å². The van der Waals surface area contributed by atoms with Crippen LogP contribution in [0.4, 0.5) is 0 Å². The Kier molecular flexibility index (Phi) is 4.35. The molecule has 102 valence electrons. The highest BCUT2D eigenvalue weighted by molar-refractivity contribution is 5.46. The second kappa shape index (κ2) is 6.19. The molecular formula is C13H18N4O2. The van der Waals surface area contributed by atoms with Crippen LogP contribution in [0.2, 0.25) is 0 Å². The fraction of sp³-hybridized carbons (Fsp3) is 0.385. The number of ether oxygens (including phenoxy) is 2. The SMILES string of the molecule is CNCc1cccc(OC)c1OCc1ncnn1C. The lowest BCUT2D eigenvalue weighted by atomic mass is 10.2. The zero-order chi connectivity index (χ0) is 13.7. The van der Waals surface area contributed by atoms with Crippen LogP contribution in [-0.2, 0) is 20.2 Å². The predicted octanol–water partition coefficient (Wildman–Crippen LogP) is 1.12. The van der Waals surface area contributed by atoms with E-state index in [1.54, 1.807) is 11.8 Å². The third-order valence-electron chi connectivity index (χ3n) is 2.80. The molecule has 0 bridgehead atoms. The average Bonchev–Trinajstić information content (AvgIpc) is 2.83. The first kappa shape index (κ1) is 13.4. The standard InChI is InChI=1S/C13H18N4O2/c1-14-7-10-5-4-6-11(18-3)13(10)19-8-12-15-9-16-17(12)2/h4-6,9,14H,7-8H2,1-3H3. The average molecular weight is 262 g/mol. The van der Waals surface area contributed by atoms with E-state index in [0.717, 1.165) is 22.9 Å². The van der Waals surface area contributed by atoms with Crippen LogP contribution in [0.3, 0.4) is 0 Å². The molecule has 19 heavy (non-hydrogen) atoms. The van der Waals surface area contributed by atoms with Crippen LogP contribution < -0.4 is 14.8 Å². The van der Waals surface area contributed by atoms with E-state index >= 15 is 0 Å². The van der Waals surface area contributed by atoms with Crippen molar-refractivity contribution >= 4 is 0 Å². The second-order valence-electron chi connectivity index (χ2n) is 4.07. The molecule has 0 radical (unpaired) electrons. The number of nitrogens with one attached hydrogen (secondary N) is 1. The van der Waals surface area contributed by atoms with Crippen molar-refractivity contribution in [3.05, 3.63) is 35.9 Å². The Balaban J connectivity index is 2.20. The molecule has 0 unspecified atom stereocenters. The second-order valence-corrected chi connectivity index (χ2v) is 4.07. The Hall–Kier alpha value is -2.08. The fourth-order valence-electron chi connectivity index (χ4n) is 1.80. The Morgan fingerprint density at radius 3 is 2.84 bits per heavy atom. The number of nitrogens with zero attached hydrogens (tertiary/aromatic N) is 3. The summed E-state index contributed by atoms with van der Waals surface area (Å²) in [6.07, 6.45) is 1.51. The van der Waals surface area contributed by atoms with E-state index in [2.05, 4.69) is 15.4 Å². The highest BCUT2D eigenvalue weighted by Crippen LogP contribution is 2.31. The third kappa shape index (κ3) is 3.03. The quantitative estimate of drug-likeness (QED) is 0.845. The topological polar surface area (TPSA) is 61.2 Å². The highest BCUT2D eigenvalue weighted by atomic mass is 16.5. The molecule has 0 aliphatic carbocycles. The van der Waals surface area contributed by atoms with Gasteiger partial charge in [0, 0.05) is 19.2 Å². The van der Waals surface area contributed by atoms with Crippen molar-refractivity contribution in [2.24, 2.45) is 7.05 Å². The van der Waals surface area contributed by atoms with Gasteiger partial charge in [-0.1, -0.05) is 12.1 Å². The maximum absolute atomic E-state index is 5.85. The van der Waals surface area contributed by atoms with Crippen LogP contribution in [0.15, 0.2) is 24.5 Å². The molecule has 6 heteroatoms. The molecule has 0 amide bonds. The van der Waals surface area contributed by atoms with Crippen molar-refractivity contribution in [2.45, 2.75) is 13.2 Å². The van der Waals surface area contributed by atoms with Crippen LogP contribution in [0, 0.1) is 0 Å². The fourth-order valence-corrected chi connectivity index (χ4v) is 1.80. The summed E-state index contributed by atoms with van der Waals surface area (Å²) in [5.74, 6) is 2.22. The summed E-state index contributed by atoms with van der Waals surface area (Å²) in [7, 11) is 5.36. The minimum absolute atomic E-state index is 0.355. The van der Waals surface area contributed by atoms with E-state index < -0.39 is 0 Å². The first-order valence-corrected chi connectivity index (χ1v) is 6.02. The van der Waals surface area contributed by atoms with E-state index in [9.17, 15) is 0 Å². The van der Waals surface area contributed by atoms with Crippen molar-refractivity contribution in [2.75, 3.05) is 14.2 Å². The van der Waals surface area contributed by atoms with Gasteiger partial charge < -0.3 is 14.8 Å². The minimum Gasteiger partial charge on any atom is -0.493 e. The predicted molar refractivity (Wildman–Crippen MR) is 71.1 cm³/mol. The first-order valence-electron chi connectivity index (χ1n) is 6.02. The number of hydrogen-bond donors (Lipinski definition) is 1. The molecule has 2 aromatic rings.